The van der Waals surface area contributed by atoms with Gasteiger partial charge in [-0.2, -0.15) is 0 Å². The van der Waals surface area contributed by atoms with Gasteiger partial charge in [-0.05, 0) is 50.2 Å². The van der Waals surface area contributed by atoms with E-state index in [0.717, 1.165) is 11.7 Å². The molecule has 4 aliphatic rings. The van der Waals surface area contributed by atoms with Crippen molar-refractivity contribution in [3.63, 3.8) is 0 Å². The zero-order chi connectivity index (χ0) is 12.8. The summed E-state index contributed by atoms with van der Waals surface area (Å²) in [7, 11) is 0. The zero-order valence-electron chi connectivity index (χ0n) is 11.3. The molecule has 1 unspecified atom stereocenters. The molecule has 0 amide bonds. The highest BCUT2D eigenvalue weighted by Crippen LogP contribution is 2.44. The first-order valence-electron chi connectivity index (χ1n) is 7.16. The fourth-order valence-electron chi connectivity index (χ4n) is 3.79. The van der Waals surface area contributed by atoms with Gasteiger partial charge >= 0.3 is 0 Å². The average molecular weight is 276 g/mol. The molecule has 2 bridgehead atoms. The predicted molar refractivity (Wildman–Crippen MR) is 79.8 cm³/mol. The molecule has 102 valence electrons. The molecule has 4 heteroatoms. The van der Waals surface area contributed by atoms with Gasteiger partial charge in [0.05, 0.1) is 5.69 Å². The molecule has 0 N–H and O–H groups in total. The van der Waals surface area contributed by atoms with Crippen LogP contribution in [0.1, 0.15) is 12.8 Å². The van der Waals surface area contributed by atoms with Crippen molar-refractivity contribution >= 4 is 17.4 Å². The number of para-hydroxylation sites is 2. The minimum atomic E-state index is 0.156. The van der Waals surface area contributed by atoms with Crippen LogP contribution in [0.2, 0.25) is 0 Å². The van der Waals surface area contributed by atoms with Crippen LogP contribution < -0.4 is 9.64 Å². The lowest BCUT2D eigenvalue weighted by Gasteiger charge is -2.49. The highest BCUT2D eigenvalue weighted by Gasteiger charge is 2.43. The summed E-state index contributed by atoms with van der Waals surface area (Å²) in [4.78, 5) is 5.15. The minimum Gasteiger partial charge on any atom is -0.459 e. The molecule has 0 aliphatic carbocycles. The van der Waals surface area contributed by atoms with Gasteiger partial charge in [0.25, 0.3) is 0 Å². The fourth-order valence-corrected chi connectivity index (χ4v) is 4.49. The average Bonchev–Trinajstić information content (AvgIpc) is 2.86. The van der Waals surface area contributed by atoms with Gasteiger partial charge in [-0.3, -0.25) is 0 Å². The van der Waals surface area contributed by atoms with Crippen molar-refractivity contribution in [2.24, 2.45) is 5.92 Å². The fraction of sp³-hybridized carbons (Fsp3) is 0.600. The molecule has 3 nitrogen and oxygen atoms in total. The second-order valence-electron chi connectivity index (χ2n) is 5.74. The van der Waals surface area contributed by atoms with Gasteiger partial charge in [-0.1, -0.05) is 23.9 Å². The van der Waals surface area contributed by atoms with E-state index >= 15 is 0 Å². The van der Waals surface area contributed by atoms with Crippen molar-refractivity contribution in [3.05, 3.63) is 24.3 Å². The van der Waals surface area contributed by atoms with E-state index in [0.29, 0.717) is 6.04 Å². The Hall–Kier alpha value is -0.870. The van der Waals surface area contributed by atoms with Gasteiger partial charge in [0.15, 0.2) is 0 Å². The summed E-state index contributed by atoms with van der Waals surface area (Å²) in [5.74, 6) is 1.90. The van der Waals surface area contributed by atoms with Gasteiger partial charge in [0.1, 0.15) is 5.75 Å². The van der Waals surface area contributed by atoms with Crippen LogP contribution in [-0.4, -0.2) is 42.4 Å². The van der Waals surface area contributed by atoms with Crippen molar-refractivity contribution in [2.45, 2.75) is 24.4 Å². The van der Waals surface area contributed by atoms with Crippen molar-refractivity contribution in [3.8, 4) is 5.75 Å². The summed E-state index contributed by atoms with van der Waals surface area (Å²) in [6.45, 7) is 3.79. The van der Waals surface area contributed by atoms with E-state index in [2.05, 4.69) is 40.3 Å². The van der Waals surface area contributed by atoms with E-state index in [1.807, 2.05) is 0 Å². The van der Waals surface area contributed by atoms with E-state index in [-0.39, 0.29) is 5.56 Å². The van der Waals surface area contributed by atoms with Crippen molar-refractivity contribution in [1.82, 2.24) is 4.90 Å². The third-order valence-corrected chi connectivity index (χ3v) is 5.51. The number of benzene rings is 1. The summed E-state index contributed by atoms with van der Waals surface area (Å²) in [6.07, 6.45) is 4.85. The van der Waals surface area contributed by atoms with Crippen LogP contribution >= 0.6 is 11.8 Å². The second kappa shape index (κ2) is 4.60. The minimum absolute atomic E-state index is 0.156. The monoisotopic (exact) mass is 276 g/mol. The number of rotatable bonds is 2. The molecule has 0 saturated carbocycles. The lowest BCUT2D eigenvalue weighted by molar-refractivity contribution is 0.0790. The smallest absolute Gasteiger partial charge is 0.221 e. The number of nitrogens with zero attached hydrogens (tertiary/aromatic N) is 2. The Kier molecular flexibility index (Phi) is 2.88. The highest BCUT2D eigenvalue weighted by atomic mass is 32.2. The number of hydrogen-bond donors (Lipinski definition) is 0. The number of piperidine rings is 3. The molecule has 0 radical (unpaired) electrons. The Labute approximate surface area is 118 Å². The van der Waals surface area contributed by atoms with Crippen LogP contribution in [0.5, 0.6) is 5.75 Å². The Balaban J connectivity index is 1.69. The van der Waals surface area contributed by atoms with E-state index in [9.17, 15) is 0 Å². The van der Waals surface area contributed by atoms with Crippen LogP contribution in [-0.2, 0) is 0 Å². The van der Waals surface area contributed by atoms with Crippen molar-refractivity contribution in [1.29, 1.82) is 0 Å². The number of thioether (sulfide) groups is 1. The van der Waals surface area contributed by atoms with E-state index < -0.39 is 0 Å². The number of fused-ring (bicyclic) bond motifs is 4. The molecular formula is C15H20N2OS. The summed E-state index contributed by atoms with van der Waals surface area (Å²) < 4.78 is 6.10. The maximum atomic E-state index is 6.10. The quantitative estimate of drug-likeness (QED) is 0.825. The number of anilines is 1. The summed E-state index contributed by atoms with van der Waals surface area (Å²) >= 11 is 1.80. The first-order valence-corrected chi connectivity index (χ1v) is 8.45. The maximum absolute atomic E-state index is 6.10. The second-order valence-corrected chi connectivity index (χ2v) is 6.62. The van der Waals surface area contributed by atoms with E-state index in [4.69, 9.17) is 4.74 Å². The van der Waals surface area contributed by atoms with Crippen LogP contribution in [0.3, 0.4) is 0 Å². The maximum Gasteiger partial charge on any atom is 0.221 e. The Bertz CT molecular complexity index is 473. The SMILES string of the molecule is CS[C@@H]1Oc2ccccc2N1C1CN2CCC1CC2. The largest absolute Gasteiger partial charge is 0.459 e. The van der Waals surface area contributed by atoms with Crippen molar-refractivity contribution < 1.29 is 4.74 Å². The topological polar surface area (TPSA) is 15.7 Å². The summed E-state index contributed by atoms with van der Waals surface area (Å²) in [5.41, 5.74) is 1.45. The lowest BCUT2D eigenvalue weighted by atomic mass is 9.83. The van der Waals surface area contributed by atoms with Crippen molar-refractivity contribution in [2.75, 3.05) is 30.8 Å². The lowest BCUT2D eigenvalue weighted by Crippen LogP contribution is -2.59. The molecule has 2 atom stereocenters. The first-order chi connectivity index (χ1) is 9.36. The van der Waals surface area contributed by atoms with Gasteiger partial charge < -0.3 is 14.5 Å². The van der Waals surface area contributed by atoms with Gasteiger partial charge in [0, 0.05) is 12.6 Å². The molecule has 5 rings (SSSR count). The molecule has 3 fully saturated rings. The first kappa shape index (κ1) is 11.9. The van der Waals surface area contributed by atoms with Crippen LogP contribution in [0.4, 0.5) is 5.69 Å². The van der Waals surface area contributed by atoms with E-state index in [1.54, 1.807) is 11.8 Å². The number of hydrogen-bond acceptors (Lipinski definition) is 4. The molecule has 0 spiro atoms. The van der Waals surface area contributed by atoms with Gasteiger partial charge in [-0.15, -0.1) is 0 Å². The Morgan fingerprint density at radius 3 is 2.68 bits per heavy atom. The molecule has 4 heterocycles. The molecule has 19 heavy (non-hydrogen) atoms. The van der Waals surface area contributed by atoms with Gasteiger partial charge in [0.2, 0.25) is 5.56 Å². The van der Waals surface area contributed by atoms with Gasteiger partial charge in [-0.25, -0.2) is 0 Å². The molecule has 1 aromatic rings. The van der Waals surface area contributed by atoms with Crippen LogP contribution in [0.15, 0.2) is 24.3 Å². The Morgan fingerprint density at radius 1 is 1.21 bits per heavy atom. The molecule has 3 saturated heterocycles. The molecule has 0 aromatic heterocycles. The molecule has 4 aliphatic heterocycles. The number of ether oxygens (including phenoxy) is 1. The third kappa shape index (κ3) is 1.84. The molecular weight excluding hydrogens is 256 g/mol. The van der Waals surface area contributed by atoms with Crippen LogP contribution in [0.25, 0.3) is 0 Å². The highest BCUT2D eigenvalue weighted by molar-refractivity contribution is 7.99. The predicted octanol–water partition coefficient (Wildman–Crippen LogP) is 2.63. The Morgan fingerprint density at radius 2 is 2.00 bits per heavy atom. The standard InChI is InChI=1S/C15H20N2OS/c1-19-15-17(12-4-2-3-5-14(12)18-15)13-10-16-8-6-11(13)7-9-16/h2-5,11,13,15H,6-10H2,1H3/t13?,15-/m0/s1. The normalized spacial score (nSPS) is 36.2. The zero-order valence-corrected chi connectivity index (χ0v) is 12.1. The summed E-state index contributed by atoms with van der Waals surface area (Å²) in [6, 6.07) is 9.13. The summed E-state index contributed by atoms with van der Waals surface area (Å²) in [5, 5.41) is 0. The molecule has 1 aromatic carbocycles. The van der Waals surface area contributed by atoms with Crippen LogP contribution in [0, 0.1) is 5.92 Å². The third-order valence-electron chi connectivity index (χ3n) is 4.78. The van der Waals surface area contributed by atoms with E-state index in [1.165, 1.54) is 38.2 Å².